The zero-order valence-corrected chi connectivity index (χ0v) is 18.9. The summed E-state index contributed by atoms with van der Waals surface area (Å²) >= 11 is 1.62. The number of ether oxygens (including phenoxy) is 1. The Kier molecular flexibility index (Phi) is 5.75. The van der Waals surface area contributed by atoms with Gasteiger partial charge in [0.1, 0.15) is 16.9 Å². The number of carbonyl (C=O) groups is 1. The minimum Gasteiger partial charge on any atom is -0.496 e. The number of thiophene rings is 1. The maximum absolute atomic E-state index is 13.3. The molecule has 2 aromatic carbocycles. The minimum absolute atomic E-state index is 0.0915. The monoisotopic (exact) mass is 458 g/mol. The summed E-state index contributed by atoms with van der Waals surface area (Å²) in [6, 6.07) is 14.3. The van der Waals surface area contributed by atoms with E-state index in [1.165, 1.54) is 15.7 Å². The van der Waals surface area contributed by atoms with E-state index >= 15 is 0 Å². The first-order chi connectivity index (χ1) is 16.2. The van der Waals surface area contributed by atoms with Crippen LogP contribution in [0.15, 0.2) is 64.8 Å². The number of aryl methyl sites for hydroxylation is 2. The summed E-state index contributed by atoms with van der Waals surface area (Å²) in [5, 5.41) is 4.76. The van der Waals surface area contributed by atoms with Gasteiger partial charge >= 0.3 is 0 Å². The summed E-state index contributed by atoms with van der Waals surface area (Å²) in [6.45, 7) is 0. The van der Waals surface area contributed by atoms with Crippen LogP contribution in [-0.2, 0) is 12.8 Å². The lowest BCUT2D eigenvalue weighted by Crippen LogP contribution is -2.21. The molecule has 4 aromatic rings. The summed E-state index contributed by atoms with van der Waals surface area (Å²) in [4.78, 5) is 32.6. The molecule has 0 bridgehead atoms. The van der Waals surface area contributed by atoms with E-state index < -0.39 is 0 Å². The second-order valence-corrected chi connectivity index (χ2v) is 8.89. The van der Waals surface area contributed by atoms with Gasteiger partial charge in [0.2, 0.25) is 0 Å². The van der Waals surface area contributed by atoms with E-state index in [1.54, 1.807) is 49.0 Å². The van der Waals surface area contributed by atoms with Crippen molar-refractivity contribution in [2.75, 3.05) is 7.11 Å². The van der Waals surface area contributed by atoms with Crippen molar-refractivity contribution in [3.8, 4) is 11.4 Å². The molecule has 166 valence electrons. The van der Waals surface area contributed by atoms with Gasteiger partial charge in [-0.3, -0.25) is 14.2 Å². The molecular formula is C25H22N4O3S. The van der Waals surface area contributed by atoms with E-state index in [2.05, 4.69) is 15.5 Å². The average Bonchev–Trinajstić information content (AvgIpc) is 3.24. The fraction of sp³-hybridized carbons (Fsp3) is 0.200. The SMILES string of the molecule is COc1ccccc1/C=N/NC(=O)c1cccc(-n2cnc3sc4c(c3c2=O)CCCC4)c1. The predicted molar refractivity (Wildman–Crippen MR) is 130 cm³/mol. The van der Waals surface area contributed by atoms with Gasteiger partial charge in [-0.25, -0.2) is 10.4 Å². The molecule has 33 heavy (non-hydrogen) atoms. The zero-order valence-electron chi connectivity index (χ0n) is 18.1. The van der Waals surface area contributed by atoms with Crippen LogP contribution in [0.5, 0.6) is 5.75 Å². The summed E-state index contributed by atoms with van der Waals surface area (Å²) in [6.07, 6.45) is 7.26. The molecule has 2 heterocycles. The van der Waals surface area contributed by atoms with E-state index in [-0.39, 0.29) is 11.5 Å². The molecule has 1 aliphatic rings. The molecule has 2 aromatic heterocycles. The first kappa shape index (κ1) is 21.1. The van der Waals surface area contributed by atoms with Crippen LogP contribution >= 0.6 is 11.3 Å². The van der Waals surface area contributed by atoms with Crippen LogP contribution in [0.3, 0.4) is 0 Å². The summed E-state index contributed by atoms with van der Waals surface area (Å²) in [7, 11) is 1.58. The van der Waals surface area contributed by atoms with E-state index in [4.69, 9.17) is 4.74 Å². The molecule has 0 aliphatic heterocycles. The number of hydrazone groups is 1. The third-order valence-corrected chi connectivity index (χ3v) is 6.97. The average molecular weight is 459 g/mol. The van der Waals surface area contributed by atoms with E-state index in [1.807, 2.05) is 24.3 Å². The van der Waals surface area contributed by atoms with Gasteiger partial charge in [-0.2, -0.15) is 5.10 Å². The number of hydrogen-bond acceptors (Lipinski definition) is 6. The van der Waals surface area contributed by atoms with Gasteiger partial charge in [0, 0.05) is 16.0 Å². The third-order valence-electron chi connectivity index (χ3n) is 5.77. The van der Waals surface area contributed by atoms with Gasteiger partial charge in [-0.05, 0) is 61.6 Å². The highest BCUT2D eigenvalue weighted by Crippen LogP contribution is 2.33. The quantitative estimate of drug-likeness (QED) is 0.360. The Bertz CT molecular complexity index is 1440. The number of hydrogen-bond donors (Lipinski definition) is 1. The van der Waals surface area contributed by atoms with E-state index in [0.29, 0.717) is 22.4 Å². The Morgan fingerprint density at radius 3 is 2.91 bits per heavy atom. The fourth-order valence-corrected chi connectivity index (χ4v) is 5.34. The van der Waals surface area contributed by atoms with Gasteiger partial charge in [0.05, 0.1) is 24.4 Å². The van der Waals surface area contributed by atoms with Crippen molar-refractivity contribution in [3.63, 3.8) is 0 Å². The molecule has 5 rings (SSSR count). The molecule has 0 unspecified atom stereocenters. The molecule has 0 saturated heterocycles. The van der Waals surface area contributed by atoms with E-state index in [9.17, 15) is 9.59 Å². The number of amides is 1. The Hall–Kier alpha value is -3.78. The lowest BCUT2D eigenvalue weighted by atomic mass is 9.97. The topological polar surface area (TPSA) is 85.6 Å². The fourth-order valence-electron chi connectivity index (χ4n) is 4.13. The Morgan fingerprint density at radius 1 is 1.18 bits per heavy atom. The van der Waals surface area contributed by atoms with Crippen LogP contribution in [0.1, 0.15) is 39.2 Å². The zero-order chi connectivity index (χ0) is 22.8. The lowest BCUT2D eigenvalue weighted by Gasteiger charge is -2.11. The van der Waals surface area contributed by atoms with Crippen molar-refractivity contribution in [1.29, 1.82) is 0 Å². The number of nitrogens with zero attached hydrogens (tertiary/aromatic N) is 3. The number of nitrogens with one attached hydrogen (secondary N) is 1. The minimum atomic E-state index is -0.377. The van der Waals surface area contributed by atoms with Gasteiger partial charge in [-0.15, -0.1) is 11.3 Å². The van der Waals surface area contributed by atoms with Crippen molar-refractivity contribution in [3.05, 3.63) is 86.8 Å². The second kappa shape index (κ2) is 8.99. The van der Waals surface area contributed by atoms with Gasteiger partial charge in [0.25, 0.3) is 11.5 Å². The van der Waals surface area contributed by atoms with Crippen molar-refractivity contribution >= 4 is 33.7 Å². The van der Waals surface area contributed by atoms with Gasteiger partial charge < -0.3 is 4.74 Å². The number of methoxy groups -OCH3 is 1. The first-order valence-electron chi connectivity index (χ1n) is 10.7. The Balaban J connectivity index is 1.42. The van der Waals surface area contributed by atoms with Crippen LogP contribution in [0.4, 0.5) is 0 Å². The number of rotatable bonds is 5. The highest BCUT2D eigenvalue weighted by Gasteiger charge is 2.20. The Morgan fingerprint density at radius 2 is 2.03 bits per heavy atom. The van der Waals surface area contributed by atoms with Crippen molar-refractivity contribution in [2.24, 2.45) is 5.10 Å². The van der Waals surface area contributed by atoms with Crippen LogP contribution in [0.25, 0.3) is 15.9 Å². The molecule has 0 atom stereocenters. The van der Waals surface area contributed by atoms with Crippen molar-refractivity contribution in [1.82, 2.24) is 15.0 Å². The highest BCUT2D eigenvalue weighted by atomic mass is 32.1. The van der Waals surface area contributed by atoms with Crippen molar-refractivity contribution < 1.29 is 9.53 Å². The number of benzene rings is 2. The standard InChI is InChI=1S/C25H22N4O3S/c1-32-20-11-4-2-7-17(20)14-27-28-23(30)16-8-6-9-18(13-16)29-15-26-24-22(25(29)31)19-10-3-5-12-21(19)33-24/h2,4,6-9,11,13-15H,3,5,10,12H2,1H3,(H,28,30)/b27-14+. The van der Waals surface area contributed by atoms with Crippen LogP contribution in [0.2, 0.25) is 0 Å². The maximum atomic E-state index is 13.3. The lowest BCUT2D eigenvalue weighted by molar-refractivity contribution is 0.0955. The summed E-state index contributed by atoms with van der Waals surface area (Å²) < 4.78 is 6.79. The van der Waals surface area contributed by atoms with Crippen molar-refractivity contribution in [2.45, 2.75) is 25.7 Å². The molecule has 0 radical (unpaired) electrons. The number of carbonyl (C=O) groups excluding carboxylic acids is 1. The van der Waals surface area contributed by atoms with Crippen LogP contribution in [0, 0.1) is 0 Å². The molecule has 0 spiro atoms. The summed E-state index contributed by atoms with van der Waals surface area (Å²) in [5.41, 5.74) is 5.32. The summed E-state index contributed by atoms with van der Waals surface area (Å²) in [5.74, 6) is 0.286. The molecule has 7 nitrogen and oxygen atoms in total. The highest BCUT2D eigenvalue weighted by molar-refractivity contribution is 7.18. The molecule has 1 N–H and O–H groups in total. The van der Waals surface area contributed by atoms with Crippen LogP contribution in [-0.4, -0.2) is 28.8 Å². The molecular weight excluding hydrogens is 436 g/mol. The molecule has 0 fully saturated rings. The number of fused-ring (bicyclic) bond motifs is 3. The molecule has 8 heteroatoms. The smallest absolute Gasteiger partial charge is 0.271 e. The number of aromatic nitrogens is 2. The molecule has 0 saturated carbocycles. The van der Waals surface area contributed by atoms with E-state index in [0.717, 1.165) is 41.6 Å². The number of para-hydroxylation sites is 1. The van der Waals surface area contributed by atoms with Gasteiger partial charge in [0.15, 0.2) is 0 Å². The maximum Gasteiger partial charge on any atom is 0.271 e. The normalized spacial score (nSPS) is 13.2. The predicted octanol–water partition coefficient (Wildman–Crippen LogP) is 4.10. The van der Waals surface area contributed by atoms with Crippen LogP contribution < -0.4 is 15.7 Å². The Labute approximate surface area is 194 Å². The second-order valence-electron chi connectivity index (χ2n) is 7.80. The molecule has 1 aliphatic carbocycles. The first-order valence-corrected chi connectivity index (χ1v) is 11.6. The molecule has 1 amide bonds. The third kappa shape index (κ3) is 4.05. The largest absolute Gasteiger partial charge is 0.496 e. The van der Waals surface area contributed by atoms with Gasteiger partial charge in [-0.1, -0.05) is 18.2 Å².